The second kappa shape index (κ2) is 5.54. The Morgan fingerprint density at radius 1 is 1.41 bits per heavy atom. The number of nitrogens with one attached hydrogen (secondary N) is 1. The molecule has 0 spiro atoms. The summed E-state index contributed by atoms with van der Waals surface area (Å²) in [5.74, 6) is 0. The zero-order valence-electron chi connectivity index (χ0n) is 9.61. The second-order valence-electron chi connectivity index (χ2n) is 3.95. The molecule has 90 valence electrons. The molecule has 0 aliphatic heterocycles. The molecule has 1 aromatic carbocycles. The third kappa shape index (κ3) is 3.00. The monoisotopic (exact) mass is 266 g/mol. The second-order valence-corrected chi connectivity index (χ2v) is 5.14. The van der Waals surface area contributed by atoms with E-state index in [9.17, 15) is 0 Å². The average Bonchev–Trinajstić information content (AvgIpc) is 2.84. The van der Waals surface area contributed by atoms with E-state index in [-0.39, 0.29) is 6.04 Å². The van der Waals surface area contributed by atoms with Gasteiger partial charge < -0.3 is 11.1 Å². The molecule has 1 atom stereocenters. The molecule has 0 bridgehead atoms. The van der Waals surface area contributed by atoms with Crippen molar-refractivity contribution in [3.63, 3.8) is 0 Å². The topological polar surface area (TPSA) is 38.0 Å². The van der Waals surface area contributed by atoms with E-state index >= 15 is 0 Å². The van der Waals surface area contributed by atoms with Crippen molar-refractivity contribution in [3.05, 3.63) is 51.2 Å². The Balaban J connectivity index is 2.16. The summed E-state index contributed by atoms with van der Waals surface area (Å²) in [7, 11) is 0. The van der Waals surface area contributed by atoms with Gasteiger partial charge in [0, 0.05) is 17.3 Å². The molecule has 2 nitrogen and oxygen atoms in total. The van der Waals surface area contributed by atoms with E-state index in [2.05, 4.69) is 22.1 Å². The van der Waals surface area contributed by atoms with Gasteiger partial charge in [-0.05, 0) is 47.0 Å². The van der Waals surface area contributed by atoms with Crippen molar-refractivity contribution >= 4 is 28.6 Å². The van der Waals surface area contributed by atoms with Crippen molar-refractivity contribution in [1.82, 2.24) is 0 Å². The Kier molecular flexibility index (Phi) is 4.05. The van der Waals surface area contributed by atoms with Gasteiger partial charge in [-0.2, -0.15) is 11.3 Å². The minimum atomic E-state index is 0.139. The number of aryl methyl sites for hydroxylation is 1. The fourth-order valence-electron chi connectivity index (χ4n) is 1.64. The number of halogens is 1. The molecule has 3 N–H and O–H groups in total. The maximum Gasteiger partial charge on any atom is 0.0644 e. The molecule has 2 aromatic rings. The van der Waals surface area contributed by atoms with Crippen LogP contribution in [0.25, 0.3) is 0 Å². The van der Waals surface area contributed by atoms with Gasteiger partial charge >= 0.3 is 0 Å². The Hall–Kier alpha value is -1.03. The lowest BCUT2D eigenvalue weighted by molar-refractivity contribution is 0.793. The standard InChI is InChI=1S/C13H15ClN2S/c1-9-2-3-11(6-12(9)14)16-13(7-15)10-4-5-17-8-10/h2-6,8,13,16H,7,15H2,1H3. The molecule has 1 aromatic heterocycles. The molecule has 0 amide bonds. The first-order chi connectivity index (χ1) is 8.20. The Morgan fingerprint density at radius 2 is 2.24 bits per heavy atom. The van der Waals surface area contributed by atoms with Crippen LogP contribution >= 0.6 is 22.9 Å². The predicted molar refractivity (Wildman–Crippen MR) is 75.9 cm³/mol. The van der Waals surface area contributed by atoms with Crippen LogP contribution in [0.2, 0.25) is 5.02 Å². The molecule has 0 saturated heterocycles. The van der Waals surface area contributed by atoms with Crippen LogP contribution in [0.4, 0.5) is 5.69 Å². The molecule has 0 fully saturated rings. The van der Waals surface area contributed by atoms with Crippen molar-refractivity contribution in [2.24, 2.45) is 5.73 Å². The highest BCUT2D eigenvalue weighted by Crippen LogP contribution is 2.24. The molecule has 1 heterocycles. The Bertz CT molecular complexity index is 482. The highest BCUT2D eigenvalue weighted by atomic mass is 35.5. The number of benzene rings is 1. The van der Waals surface area contributed by atoms with Crippen molar-refractivity contribution in [3.8, 4) is 0 Å². The lowest BCUT2D eigenvalue weighted by Crippen LogP contribution is -2.19. The third-order valence-corrected chi connectivity index (χ3v) is 3.80. The summed E-state index contributed by atoms with van der Waals surface area (Å²) in [5, 5.41) is 8.34. The van der Waals surface area contributed by atoms with Crippen molar-refractivity contribution in [2.45, 2.75) is 13.0 Å². The van der Waals surface area contributed by atoms with Gasteiger partial charge in [0.05, 0.1) is 6.04 Å². The molecule has 0 aliphatic carbocycles. The number of hydrogen-bond donors (Lipinski definition) is 2. The first-order valence-corrected chi connectivity index (χ1v) is 6.77. The minimum Gasteiger partial charge on any atom is -0.377 e. The molecular weight excluding hydrogens is 252 g/mol. The van der Waals surface area contributed by atoms with Gasteiger partial charge in [0.2, 0.25) is 0 Å². The fraction of sp³-hybridized carbons (Fsp3) is 0.231. The van der Waals surface area contributed by atoms with Gasteiger partial charge in [-0.25, -0.2) is 0 Å². The van der Waals surface area contributed by atoms with Gasteiger partial charge in [0.1, 0.15) is 0 Å². The van der Waals surface area contributed by atoms with Gasteiger partial charge in [-0.1, -0.05) is 17.7 Å². The van der Waals surface area contributed by atoms with Crippen LogP contribution in [-0.2, 0) is 0 Å². The summed E-state index contributed by atoms with van der Waals surface area (Å²) >= 11 is 7.77. The lowest BCUT2D eigenvalue weighted by Gasteiger charge is -2.17. The van der Waals surface area contributed by atoms with Crippen molar-refractivity contribution in [1.29, 1.82) is 0 Å². The molecular formula is C13H15ClN2S. The number of anilines is 1. The summed E-state index contributed by atoms with van der Waals surface area (Å²) in [4.78, 5) is 0. The van der Waals surface area contributed by atoms with Crippen molar-refractivity contribution in [2.75, 3.05) is 11.9 Å². The Morgan fingerprint density at radius 3 is 2.82 bits per heavy atom. The largest absolute Gasteiger partial charge is 0.377 e. The molecule has 0 radical (unpaired) electrons. The van der Waals surface area contributed by atoms with Crippen LogP contribution < -0.4 is 11.1 Å². The summed E-state index contributed by atoms with van der Waals surface area (Å²) in [6, 6.07) is 8.19. The molecule has 2 rings (SSSR count). The van der Waals surface area contributed by atoms with Crippen LogP contribution in [0.5, 0.6) is 0 Å². The molecule has 0 saturated carbocycles. The zero-order valence-corrected chi connectivity index (χ0v) is 11.2. The average molecular weight is 267 g/mol. The third-order valence-electron chi connectivity index (χ3n) is 2.69. The maximum atomic E-state index is 6.10. The SMILES string of the molecule is Cc1ccc(NC(CN)c2ccsc2)cc1Cl. The predicted octanol–water partition coefficient (Wildman–Crippen LogP) is 3.82. The van der Waals surface area contributed by atoms with Gasteiger partial charge in [0.25, 0.3) is 0 Å². The van der Waals surface area contributed by atoms with Crippen LogP contribution in [0, 0.1) is 6.92 Å². The van der Waals surface area contributed by atoms with E-state index in [1.165, 1.54) is 5.56 Å². The summed E-state index contributed by atoms with van der Waals surface area (Å²) in [6.45, 7) is 2.55. The zero-order chi connectivity index (χ0) is 12.3. The quantitative estimate of drug-likeness (QED) is 0.883. The van der Waals surface area contributed by atoms with E-state index in [4.69, 9.17) is 17.3 Å². The van der Waals surface area contributed by atoms with Crippen LogP contribution in [0.3, 0.4) is 0 Å². The van der Waals surface area contributed by atoms with E-state index in [1.807, 2.05) is 25.1 Å². The van der Waals surface area contributed by atoms with Gasteiger partial charge in [-0.15, -0.1) is 0 Å². The number of nitrogens with two attached hydrogens (primary N) is 1. The van der Waals surface area contributed by atoms with Crippen LogP contribution in [0.15, 0.2) is 35.0 Å². The van der Waals surface area contributed by atoms with Gasteiger partial charge in [0.15, 0.2) is 0 Å². The minimum absolute atomic E-state index is 0.139. The number of thiophene rings is 1. The number of rotatable bonds is 4. The lowest BCUT2D eigenvalue weighted by atomic mass is 10.1. The summed E-state index contributed by atoms with van der Waals surface area (Å²) in [6.07, 6.45) is 0. The fourth-order valence-corrected chi connectivity index (χ4v) is 2.53. The smallest absolute Gasteiger partial charge is 0.0644 e. The van der Waals surface area contributed by atoms with Gasteiger partial charge in [-0.3, -0.25) is 0 Å². The van der Waals surface area contributed by atoms with Crippen LogP contribution in [0.1, 0.15) is 17.2 Å². The molecule has 17 heavy (non-hydrogen) atoms. The summed E-state index contributed by atoms with van der Waals surface area (Å²) < 4.78 is 0. The van der Waals surface area contributed by atoms with E-state index < -0.39 is 0 Å². The van der Waals surface area contributed by atoms with E-state index in [1.54, 1.807) is 11.3 Å². The highest BCUT2D eigenvalue weighted by molar-refractivity contribution is 7.08. The molecule has 0 aliphatic rings. The normalized spacial score (nSPS) is 12.4. The van der Waals surface area contributed by atoms with E-state index in [0.29, 0.717) is 6.54 Å². The van der Waals surface area contributed by atoms with E-state index in [0.717, 1.165) is 16.3 Å². The first-order valence-electron chi connectivity index (χ1n) is 5.45. The maximum absolute atomic E-state index is 6.10. The van der Waals surface area contributed by atoms with Crippen LogP contribution in [-0.4, -0.2) is 6.54 Å². The highest BCUT2D eigenvalue weighted by Gasteiger charge is 2.10. The molecule has 4 heteroatoms. The Labute approximate surface area is 110 Å². The van der Waals surface area contributed by atoms with Crippen molar-refractivity contribution < 1.29 is 0 Å². The number of hydrogen-bond acceptors (Lipinski definition) is 3. The summed E-state index contributed by atoms with van der Waals surface area (Å²) in [5.41, 5.74) is 9.09. The first kappa shape index (κ1) is 12.4. The molecule has 1 unspecified atom stereocenters.